The minimum absolute atomic E-state index is 0.424. The van der Waals surface area contributed by atoms with Crippen LogP contribution in [-0.4, -0.2) is 10.1 Å². The molecule has 0 spiro atoms. The summed E-state index contributed by atoms with van der Waals surface area (Å²) in [7, 11) is 0. The van der Waals surface area contributed by atoms with E-state index in [-0.39, 0.29) is 0 Å². The van der Waals surface area contributed by atoms with Crippen LogP contribution in [-0.2, 0) is 0 Å². The lowest BCUT2D eigenvalue weighted by molar-refractivity contribution is 0.433. The van der Waals surface area contributed by atoms with E-state index in [4.69, 9.17) is 21.9 Å². The Morgan fingerprint density at radius 3 is 2.89 bits per heavy atom. The van der Waals surface area contributed by atoms with Crippen LogP contribution in [0.15, 0.2) is 40.2 Å². The van der Waals surface area contributed by atoms with Gasteiger partial charge < -0.3 is 10.3 Å². The van der Waals surface area contributed by atoms with E-state index in [1.54, 1.807) is 18.2 Å². The average molecular weight is 278 g/mol. The zero-order chi connectivity index (χ0) is 12.5. The quantitative estimate of drug-likeness (QED) is 0.725. The molecule has 2 heterocycles. The standard InChI is InChI=1S/C12H8ClN3OS/c13-9-4-5-18-10(9)12-15-11(16-17-12)7-2-1-3-8(14)6-7/h1-6H,14H2. The number of hydrogen-bond donors (Lipinski definition) is 1. The fourth-order valence-electron chi connectivity index (χ4n) is 1.56. The first-order valence-electron chi connectivity index (χ1n) is 5.17. The van der Waals surface area contributed by atoms with Gasteiger partial charge in [-0.1, -0.05) is 28.9 Å². The third-order valence-corrected chi connectivity index (χ3v) is 3.71. The molecule has 0 bridgehead atoms. The van der Waals surface area contributed by atoms with Gasteiger partial charge in [0.2, 0.25) is 5.82 Å². The molecule has 6 heteroatoms. The molecule has 0 saturated heterocycles. The molecule has 0 aliphatic carbocycles. The fraction of sp³-hybridized carbons (Fsp3) is 0. The molecule has 3 aromatic rings. The Bertz CT molecular complexity index is 692. The second kappa shape index (κ2) is 4.44. The largest absolute Gasteiger partial charge is 0.399 e. The molecule has 4 nitrogen and oxygen atoms in total. The lowest BCUT2D eigenvalue weighted by atomic mass is 10.2. The third-order valence-electron chi connectivity index (χ3n) is 2.38. The molecule has 0 unspecified atom stereocenters. The molecule has 0 aliphatic rings. The third kappa shape index (κ3) is 1.98. The van der Waals surface area contributed by atoms with E-state index in [0.717, 1.165) is 10.4 Å². The maximum atomic E-state index is 6.02. The summed E-state index contributed by atoms with van der Waals surface area (Å²) in [6.45, 7) is 0. The number of hydrogen-bond acceptors (Lipinski definition) is 5. The normalized spacial score (nSPS) is 10.7. The molecule has 18 heavy (non-hydrogen) atoms. The van der Waals surface area contributed by atoms with Gasteiger partial charge in [0, 0.05) is 11.3 Å². The Labute approximate surface area is 112 Å². The summed E-state index contributed by atoms with van der Waals surface area (Å²) >= 11 is 7.48. The zero-order valence-corrected chi connectivity index (χ0v) is 10.7. The van der Waals surface area contributed by atoms with Crippen molar-refractivity contribution in [1.29, 1.82) is 0 Å². The van der Waals surface area contributed by atoms with Crippen LogP contribution in [0.2, 0.25) is 5.02 Å². The molecule has 0 saturated carbocycles. The van der Waals surface area contributed by atoms with E-state index < -0.39 is 0 Å². The van der Waals surface area contributed by atoms with E-state index in [2.05, 4.69) is 10.1 Å². The molecule has 0 amide bonds. The van der Waals surface area contributed by atoms with Crippen molar-refractivity contribution in [3.63, 3.8) is 0 Å². The van der Waals surface area contributed by atoms with E-state index in [1.165, 1.54) is 11.3 Å². The topological polar surface area (TPSA) is 64.9 Å². The summed E-state index contributed by atoms with van der Waals surface area (Å²) in [4.78, 5) is 5.09. The first-order valence-corrected chi connectivity index (χ1v) is 6.43. The van der Waals surface area contributed by atoms with Crippen LogP contribution < -0.4 is 5.73 Å². The maximum Gasteiger partial charge on any atom is 0.269 e. The number of aromatic nitrogens is 2. The highest BCUT2D eigenvalue weighted by molar-refractivity contribution is 7.14. The van der Waals surface area contributed by atoms with Crippen molar-refractivity contribution in [3.05, 3.63) is 40.7 Å². The van der Waals surface area contributed by atoms with Crippen molar-refractivity contribution >= 4 is 28.6 Å². The number of nitrogens with two attached hydrogens (primary N) is 1. The minimum atomic E-state index is 0.424. The van der Waals surface area contributed by atoms with Gasteiger partial charge in [-0.25, -0.2) is 0 Å². The predicted molar refractivity (Wildman–Crippen MR) is 72.5 cm³/mol. The Morgan fingerprint density at radius 2 is 2.17 bits per heavy atom. The summed E-state index contributed by atoms with van der Waals surface area (Å²) in [5, 5.41) is 6.42. The van der Waals surface area contributed by atoms with Gasteiger partial charge in [0.15, 0.2) is 0 Å². The number of benzene rings is 1. The molecule has 2 N–H and O–H groups in total. The Hall–Kier alpha value is -1.85. The van der Waals surface area contributed by atoms with Gasteiger partial charge in [0.05, 0.1) is 5.02 Å². The van der Waals surface area contributed by atoms with Crippen LogP contribution in [0, 0.1) is 0 Å². The van der Waals surface area contributed by atoms with Crippen LogP contribution in [0.25, 0.3) is 22.2 Å². The molecule has 3 rings (SSSR count). The van der Waals surface area contributed by atoms with Gasteiger partial charge in [-0.3, -0.25) is 0 Å². The van der Waals surface area contributed by atoms with Crippen molar-refractivity contribution in [2.75, 3.05) is 5.73 Å². The van der Waals surface area contributed by atoms with Crippen molar-refractivity contribution in [2.24, 2.45) is 0 Å². The van der Waals surface area contributed by atoms with Crippen LogP contribution in [0.1, 0.15) is 0 Å². The first-order chi connectivity index (χ1) is 8.74. The average Bonchev–Trinajstić information content (AvgIpc) is 2.97. The smallest absolute Gasteiger partial charge is 0.269 e. The summed E-state index contributed by atoms with van der Waals surface area (Å²) in [5.41, 5.74) is 7.19. The minimum Gasteiger partial charge on any atom is -0.399 e. The summed E-state index contributed by atoms with van der Waals surface area (Å²) < 4.78 is 5.21. The maximum absolute atomic E-state index is 6.02. The summed E-state index contributed by atoms with van der Waals surface area (Å²) in [5.74, 6) is 0.925. The second-order valence-electron chi connectivity index (χ2n) is 3.65. The van der Waals surface area contributed by atoms with Crippen molar-refractivity contribution in [2.45, 2.75) is 0 Å². The van der Waals surface area contributed by atoms with E-state index in [0.29, 0.717) is 22.4 Å². The highest BCUT2D eigenvalue weighted by Crippen LogP contribution is 2.33. The van der Waals surface area contributed by atoms with Gasteiger partial charge >= 0.3 is 0 Å². The van der Waals surface area contributed by atoms with E-state index >= 15 is 0 Å². The molecule has 0 radical (unpaired) electrons. The van der Waals surface area contributed by atoms with Crippen LogP contribution in [0.5, 0.6) is 0 Å². The lowest BCUT2D eigenvalue weighted by Gasteiger charge is -1.95. The molecule has 1 aromatic carbocycles. The predicted octanol–water partition coefficient (Wildman–Crippen LogP) is 3.70. The zero-order valence-electron chi connectivity index (χ0n) is 9.13. The molecule has 2 aromatic heterocycles. The van der Waals surface area contributed by atoms with Crippen molar-refractivity contribution in [1.82, 2.24) is 10.1 Å². The highest BCUT2D eigenvalue weighted by atomic mass is 35.5. The number of anilines is 1. The molecule has 90 valence electrons. The van der Waals surface area contributed by atoms with Gasteiger partial charge in [-0.2, -0.15) is 4.98 Å². The number of nitrogens with zero attached hydrogens (tertiary/aromatic N) is 2. The summed E-state index contributed by atoms with van der Waals surface area (Å²) in [6, 6.07) is 9.12. The van der Waals surface area contributed by atoms with Gasteiger partial charge in [-0.05, 0) is 23.6 Å². The number of halogens is 1. The van der Waals surface area contributed by atoms with Gasteiger partial charge in [-0.15, -0.1) is 11.3 Å². The van der Waals surface area contributed by atoms with Gasteiger partial charge in [0.1, 0.15) is 4.88 Å². The monoisotopic (exact) mass is 277 g/mol. The lowest BCUT2D eigenvalue weighted by Crippen LogP contribution is -1.86. The Kier molecular flexibility index (Phi) is 2.77. The first kappa shape index (κ1) is 11.3. The van der Waals surface area contributed by atoms with Crippen LogP contribution in [0.3, 0.4) is 0 Å². The summed E-state index contributed by atoms with van der Waals surface area (Å²) in [6.07, 6.45) is 0. The van der Waals surface area contributed by atoms with E-state index in [1.807, 2.05) is 17.5 Å². The highest BCUT2D eigenvalue weighted by Gasteiger charge is 2.14. The number of nitrogen functional groups attached to an aromatic ring is 1. The van der Waals surface area contributed by atoms with Crippen LogP contribution in [0.4, 0.5) is 5.69 Å². The van der Waals surface area contributed by atoms with Gasteiger partial charge in [0.25, 0.3) is 5.89 Å². The number of thiophene rings is 1. The van der Waals surface area contributed by atoms with Crippen LogP contribution >= 0.6 is 22.9 Å². The molecule has 0 aliphatic heterocycles. The van der Waals surface area contributed by atoms with Crippen molar-refractivity contribution < 1.29 is 4.52 Å². The second-order valence-corrected chi connectivity index (χ2v) is 4.97. The Morgan fingerprint density at radius 1 is 1.28 bits per heavy atom. The molecular formula is C12H8ClN3OS. The molecule has 0 fully saturated rings. The molecule has 0 atom stereocenters. The van der Waals surface area contributed by atoms with E-state index in [9.17, 15) is 0 Å². The molecular weight excluding hydrogens is 270 g/mol. The fourth-order valence-corrected chi connectivity index (χ4v) is 2.61. The van der Waals surface area contributed by atoms with Crippen molar-refractivity contribution in [3.8, 4) is 22.2 Å². The Balaban J connectivity index is 2.02. The SMILES string of the molecule is Nc1cccc(-c2noc(-c3sccc3Cl)n2)c1. The number of rotatable bonds is 2.